The van der Waals surface area contributed by atoms with Crippen LogP contribution in [-0.2, 0) is 51.2 Å². The molecule has 2 aromatic rings. The van der Waals surface area contributed by atoms with E-state index in [1.807, 2.05) is 9.13 Å². The van der Waals surface area contributed by atoms with Gasteiger partial charge in [0, 0.05) is 36.2 Å². The van der Waals surface area contributed by atoms with Gasteiger partial charge in [0.2, 0.25) is 0 Å². The molecule has 22 heavy (non-hydrogen) atoms. The molecule has 0 bridgehead atoms. The Morgan fingerprint density at radius 1 is 0.773 bits per heavy atom. The second kappa shape index (κ2) is 8.00. The molecule has 0 fully saturated rings. The number of aryl methyl sites for hydroxylation is 2. The minimum absolute atomic E-state index is 0.511. The minimum Gasteiger partial charge on any atom is -0.740 e. The number of nitrogens with zero attached hydrogens (tertiary/aromatic N) is 6. The van der Waals surface area contributed by atoms with Gasteiger partial charge in [-0.05, 0) is 12.8 Å². The van der Waals surface area contributed by atoms with Gasteiger partial charge in [-0.1, -0.05) is 12.2 Å². The molecular weight excluding hydrogens is 316 g/mol. The fourth-order valence-electron chi connectivity index (χ4n) is 2.20. The highest BCUT2D eigenvalue weighted by molar-refractivity contribution is 7.58. The summed E-state index contributed by atoms with van der Waals surface area (Å²) in [6.45, 7) is 8.74. The highest BCUT2D eigenvalue weighted by atomic mass is 32.1. The minimum atomic E-state index is 0.511. The van der Waals surface area contributed by atoms with Crippen LogP contribution in [0.15, 0.2) is 35.6 Å². The molecule has 2 heterocycles. The van der Waals surface area contributed by atoms with Crippen LogP contribution < -0.4 is 0 Å². The Hall–Kier alpha value is -1.80. The fourth-order valence-corrected chi connectivity index (χ4v) is 2.64. The molecule has 0 amide bonds. The van der Waals surface area contributed by atoms with Gasteiger partial charge in [-0.2, -0.15) is 10.2 Å². The topological polar surface area (TPSA) is 61.4 Å². The smallest absolute Gasteiger partial charge is 0.131 e. The number of allylic oxidation sites excluding steroid dienone is 2. The Balaban J connectivity index is 1.87. The molecule has 0 unspecified atom stereocenters. The molecular formula is C14H18N6S2-2. The summed E-state index contributed by atoms with van der Waals surface area (Å²) in [5, 5.41) is 17.2. The van der Waals surface area contributed by atoms with E-state index >= 15 is 0 Å². The molecule has 0 radical (unpaired) electrons. The third-order valence-corrected chi connectivity index (χ3v) is 3.87. The molecule has 0 aliphatic carbocycles. The predicted molar refractivity (Wildman–Crippen MR) is 88.3 cm³/mol. The summed E-state index contributed by atoms with van der Waals surface area (Å²) < 4.78 is 3.81. The first-order valence-corrected chi connectivity index (χ1v) is 7.89. The standard InChI is InChI=1S/C14H20N6S2/c1-3-9-19-11(15-17-13(19)21)7-5-6-8-12-16-18-14(22)20(12)10-4-2/h3-4H,1-2,5-10H2,(H,17,21)(H,18,22)/p-2. The van der Waals surface area contributed by atoms with E-state index in [2.05, 4.69) is 33.6 Å². The van der Waals surface area contributed by atoms with E-state index in [9.17, 15) is 0 Å². The number of unbranched alkanes of at least 4 members (excludes halogenated alkanes) is 1. The van der Waals surface area contributed by atoms with Crippen molar-refractivity contribution in [2.24, 2.45) is 0 Å². The number of rotatable bonds is 9. The lowest BCUT2D eigenvalue weighted by molar-refractivity contribution is 0.612. The van der Waals surface area contributed by atoms with Crippen LogP contribution in [0.1, 0.15) is 24.5 Å². The highest BCUT2D eigenvalue weighted by Gasteiger charge is 2.06. The van der Waals surface area contributed by atoms with Gasteiger partial charge in [0.05, 0.1) is 0 Å². The molecule has 6 nitrogen and oxygen atoms in total. The molecule has 0 aromatic carbocycles. The van der Waals surface area contributed by atoms with Crippen LogP contribution in [0.4, 0.5) is 0 Å². The summed E-state index contributed by atoms with van der Waals surface area (Å²) in [5.74, 6) is 1.81. The predicted octanol–water partition coefficient (Wildman–Crippen LogP) is 1.62. The van der Waals surface area contributed by atoms with Crippen LogP contribution in [0.5, 0.6) is 0 Å². The SMILES string of the molecule is C=CCn1c([S-])nnc1CCCCc1nnc([S-])n1CC=C. The molecule has 0 atom stereocenters. The van der Waals surface area contributed by atoms with Crippen LogP contribution in [0.25, 0.3) is 0 Å². The molecule has 0 aliphatic rings. The van der Waals surface area contributed by atoms with E-state index in [1.165, 1.54) is 0 Å². The Labute approximate surface area is 141 Å². The summed E-state index contributed by atoms with van der Waals surface area (Å²) in [5.41, 5.74) is 0. The Bertz CT molecular complexity index is 590. The Morgan fingerprint density at radius 2 is 1.18 bits per heavy atom. The fraction of sp³-hybridized carbons (Fsp3) is 0.429. The largest absolute Gasteiger partial charge is 0.740 e. The molecule has 0 saturated heterocycles. The number of aromatic nitrogens is 6. The van der Waals surface area contributed by atoms with Gasteiger partial charge < -0.3 is 34.4 Å². The van der Waals surface area contributed by atoms with Crippen LogP contribution in [0.3, 0.4) is 0 Å². The van der Waals surface area contributed by atoms with Crippen molar-refractivity contribution < 1.29 is 0 Å². The van der Waals surface area contributed by atoms with Crippen LogP contribution in [-0.4, -0.2) is 29.5 Å². The third kappa shape index (κ3) is 3.89. The van der Waals surface area contributed by atoms with Gasteiger partial charge in [-0.3, -0.25) is 0 Å². The van der Waals surface area contributed by atoms with Gasteiger partial charge in [-0.25, -0.2) is 0 Å². The van der Waals surface area contributed by atoms with E-state index in [4.69, 9.17) is 25.3 Å². The second-order valence-corrected chi connectivity index (χ2v) is 5.53. The summed E-state index contributed by atoms with van der Waals surface area (Å²) in [6.07, 6.45) is 7.19. The van der Waals surface area contributed by atoms with Gasteiger partial charge in [0.25, 0.3) is 0 Å². The molecule has 0 saturated carbocycles. The van der Waals surface area contributed by atoms with E-state index in [0.717, 1.165) is 37.3 Å². The number of hydrogen-bond donors (Lipinski definition) is 0. The van der Waals surface area contributed by atoms with Crippen LogP contribution in [0.2, 0.25) is 0 Å². The molecule has 118 valence electrons. The molecule has 0 aliphatic heterocycles. The number of hydrogen-bond acceptors (Lipinski definition) is 6. The summed E-state index contributed by atoms with van der Waals surface area (Å²) in [6, 6.07) is 0. The van der Waals surface area contributed by atoms with Crippen molar-refractivity contribution in [2.45, 2.75) is 49.1 Å². The molecule has 8 heteroatoms. The van der Waals surface area contributed by atoms with Gasteiger partial charge in [0.1, 0.15) is 11.6 Å². The average Bonchev–Trinajstić information content (AvgIpc) is 3.02. The van der Waals surface area contributed by atoms with Gasteiger partial charge in [0.15, 0.2) is 0 Å². The van der Waals surface area contributed by atoms with Gasteiger partial charge >= 0.3 is 0 Å². The molecule has 0 N–H and O–H groups in total. The normalized spacial score (nSPS) is 10.7. The Kier molecular flexibility index (Phi) is 6.02. The average molecular weight is 334 g/mol. The molecule has 0 spiro atoms. The van der Waals surface area contributed by atoms with Crippen molar-refractivity contribution >= 4 is 25.3 Å². The van der Waals surface area contributed by atoms with Crippen molar-refractivity contribution in [1.82, 2.24) is 29.5 Å². The lowest BCUT2D eigenvalue weighted by Gasteiger charge is -2.11. The van der Waals surface area contributed by atoms with E-state index < -0.39 is 0 Å². The van der Waals surface area contributed by atoms with Crippen molar-refractivity contribution in [2.75, 3.05) is 0 Å². The Morgan fingerprint density at radius 3 is 1.55 bits per heavy atom. The second-order valence-electron chi connectivity index (χ2n) is 4.80. The zero-order valence-corrected chi connectivity index (χ0v) is 13.9. The third-order valence-electron chi connectivity index (χ3n) is 3.26. The molecule has 2 rings (SSSR count). The van der Waals surface area contributed by atoms with Crippen LogP contribution >= 0.6 is 0 Å². The quantitative estimate of drug-likeness (QED) is 0.394. The summed E-state index contributed by atoms with van der Waals surface area (Å²) in [7, 11) is 0. The molecule has 2 aromatic heterocycles. The zero-order chi connectivity index (χ0) is 15.9. The van der Waals surface area contributed by atoms with Crippen molar-refractivity contribution in [1.29, 1.82) is 0 Å². The lowest BCUT2D eigenvalue weighted by Crippen LogP contribution is -2.06. The van der Waals surface area contributed by atoms with E-state index in [1.54, 1.807) is 12.2 Å². The first-order valence-electron chi connectivity index (χ1n) is 7.07. The monoisotopic (exact) mass is 334 g/mol. The lowest BCUT2D eigenvalue weighted by atomic mass is 10.2. The maximum absolute atomic E-state index is 5.14. The summed E-state index contributed by atoms with van der Waals surface area (Å²) >= 11 is 10.3. The van der Waals surface area contributed by atoms with Gasteiger partial charge in [-0.15, -0.1) is 23.4 Å². The van der Waals surface area contributed by atoms with E-state index in [-0.39, 0.29) is 0 Å². The maximum Gasteiger partial charge on any atom is 0.131 e. The van der Waals surface area contributed by atoms with E-state index in [0.29, 0.717) is 23.4 Å². The van der Waals surface area contributed by atoms with Crippen molar-refractivity contribution in [3.63, 3.8) is 0 Å². The maximum atomic E-state index is 5.14. The first-order chi connectivity index (χ1) is 10.7. The van der Waals surface area contributed by atoms with Crippen LogP contribution in [0, 0.1) is 0 Å². The van der Waals surface area contributed by atoms with Crippen molar-refractivity contribution in [3.05, 3.63) is 37.0 Å². The first kappa shape index (κ1) is 16.6. The highest BCUT2D eigenvalue weighted by Crippen LogP contribution is 2.10. The zero-order valence-electron chi connectivity index (χ0n) is 12.3. The van der Waals surface area contributed by atoms with Crippen molar-refractivity contribution in [3.8, 4) is 0 Å². The summed E-state index contributed by atoms with van der Waals surface area (Å²) in [4.78, 5) is 0.